The second-order valence-electron chi connectivity index (χ2n) is 5.45. The molecule has 114 valence electrons. The summed E-state index contributed by atoms with van der Waals surface area (Å²) < 4.78 is 7.66. The quantitative estimate of drug-likeness (QED) is 0.794. The molecule has 0 bridgehead atoms. The molecule has 0 aromatic carbocycles. The molecular weight excluding hydrogens is 288 g/mol. The average molecular weight is 309 g/mol. The van der Waals surface area contributed by atoms with Crippen molar-refractivity contribution in [1.29, 1.82) is 0 Å². The number of hydrogen-bond donors (Lipinski definition) is 0. The second-order valence-corrected chi connectivity index (χ2v) is 5.82. The fourth-order valence-corrected chi connectivity index (χ4v) is 3.11. The van der Waals surface area contributed by atoms with Crippen LogP contribution in [-0.2, 0) is 11.2 Å². The maximum absolute atomic E-state index is 5.93. The van der Waals surface area contributed by atoms with Crippen LogP contribution in [0, 0.1) is 0 Å². The summed E-state index contributed by atoms with van der Waals surface area (Å²) in [6, 6.07) is 4.26. The molecule has 1 aliphatic rings. The molecule has 2 aromatic heterocycles. The van der Waals surface area contributed by atoms with Crippen LogP contribution in [0.3, 0.4) is 0 Å². The second kappa shape index (κ2) is 6.73. The molecule has 0 aliphatic carbocycles. The van der Waals surface area contributed by atoms with Gasteiger partial charge in [-0.05, 0) is 19.1 Å². The lowest BCUT2D eigenvalue weighted by Gasteiger charge is -2.30. The Balaban J connectivity index is 1.87. The monoisotopic (exact) mass is 308 g/mol. The molecule has 0 amide bonds. The number of fused-ring (bicyclic) bond motifs is 1. The molecule has 0 radical (unpaired) electrons. The van der Waals surface area contributed by atoms with Crippen molar-refractivity contribution in [3.8, 4) is 0 Å². The van der Waals surface area contributed by atoms with Crippen LogP contribution in [0.1, 0.15) is 18.8 Å². The van der Waals surface area contributed by atoms with Crippen molar-refractivity contribution in [2.24, 2.45) is 0 Å². The van der Waals surface area contributed by atoms with Crippen LogP contribution >= 0.6 is 11.6 Å². The molecule has 1 unspecified atom stereocenters. The first-order valence-corrected chi connectivity index (χ1v) is 8.01. The number of halogens is 1. The number of alkyl halides is 1. The molecular formula is C15H21ClN4O. The van der Waals surface area contributed by atoms with Crippen LogP contribution in [0.15, 0.2) is 18.3 Å². The van der Waals surface area contributed by atoms with Gasteiger partial charge in [-0.3, -0.25) is 4.90 Å². The third-order valence-electron chi connectivity index (χ3n) is 3.91. The van der Waals surface area contributed by atoms with Gasteiger partial charge in [-0.1, -0.05) is 0 Å². The summed E-state index contributed by atoms with van der Waals surface area (Å²) >= 11 is 5.93. The van der Waals surface area contributed by atoms with E-state index in [0.29, 0.717) is 11.9 Å². The summed E-state index contributed by atoms with van der Waals surface area (Å²) in [6.45, 7) is 6.85. The maximum Gasteiger partial charge on any atom is 0.160 e. The Hall–Kier alpha value is -1.17. The molecule has 21 heavy (non-hydrogen) atoms. The first-order valence-electron chi connectivity index (χ1n) is 7.47. The molecule has 3 heterocycles. The van der Waals surface area contributed by atoms with Gasteiger partial charge in [-0.15, -0.1) is 11.6 Å². The number of hydrogen-bond acceptors (Lipinski definition) is 4. The van der Waals surface area contributed by atoms with Crippen LogP contribution in [0.25, 0.3) is 11.2 Å². The van der Waals surface area contributed by atoms with Crippen molar-refractivity contribution in [3.05, 3.63) is 24.2 Å². The van der Waals surface area contributed by atoms with Crippen LogP contribution < -0.4 is 0 Å². The number of rotatable bonds is 5. The van der Waals surface area contributed by atoms with Gasteiger partial charge in [-0.25, -0.2) is 9.97 Å². The van der Waals surface area contributed by atoms with Crippen molar-refractivity contribution in [1.82, 2.24) is 19.4 Å². The van der Waals surface area contributed by atoms with Gasteiger partial charge in [0, 0.05) is 44.2 Å². The van der Waals surface area contributed by atoms with E-state index >= 15 is 0 Å². The minimum Gasteiger partial charge on any atom is -0.379 e. The van der Waals surface area contributed by atoms with E-state index in [2.05, 4.69) is 26.4 Å². The molecule has 0 saturated carbocycles. The van der Waals surface area contributed by atoms with Crippen molar-refractivity contribution in [2.45, 2.75) is 19.4 Å². The number of nitrogens with zero attached hydrogens (tertiary/aromatic N) is 4. The van der Waals surface area contributed by atoms with Gasteiger partial charge in [0.1, 0.15) is 11.3 Å². The van der Waals surface area contributed by atoms with E-state index < -0.39 is 0 Å². The van der Waals surface area contributed by atoms with Gasteiger partial charge in [-0.2, -0.15) is 0 Å². The Morgan fingerprint density at radius 1 is 1.38 bits per heavy atom. The first-order chi connectivity index (χ1) is 10.3. The molecule has 1 saturated heterocycles. The number of aryl methyl sites for hydroxylation is 1. The molecule has 6 heteroatoms. The van der Waals surface area contributed by atoms with E-state index in [1.165, 1.54) is 0 Å². The minimum absolute atomic E-state index is 0.321. The third-order valence-corrected chi connectivity index (χ3v) is 4.10. The molecule has 0 N–H and O–H groups in total. The smallest absolute Gasteiger partial charge is 0.160 e. The Morgan fingerprint density at radius 3 is 2.95 bits per heavy atom. The van der Waals surface area contributed by atoms with Gasteiger partial charge >= 0.3 is 0 Å². The lowest BCUT2D eigenvalue weighted by molar-refractivity contribution is 0.0326. The van der Waals surface area contributed by atoms with Crippen LogP contribution in [0.2, 0.25) is 0 Å². The summed E-state index contributed by atoms with van der Waals surface area (Å²) in [6.07, 6.45) is 2.60. The molecule has 5 nitrogen and oxygen atoms in total. The summed E-state index contributed by atoms with van der Waals surface area (Å²) in [7, 11) is 0. The Morgan fingerprint density at radius 2 is 2.19 bits per heavy atom. The zero-order chi connectivity index (χ0) is 14.7. The molecule has 3 rings (SSSR count). The summed E-state index contributed by atoms with van der Waals surface area (Å²) in [5, 5.41) is 0. The summed E-state index contributed by atoms with van der Waals surface area (Å²) in [5.41, 5.74) is 1.91. The van der Waals surface area contributed by atoms with E-state index in [9.17, 15) is 0 Å². The highest BCUT2D eigenvalue weighted by Gasteiger charge is 2.20. The van der Waals surface area contributed by atoms with Gasteiger partial charge < -0.3 is 9.30 Å². The van der Waals surface area contributed by atoms with Gasteiger partial charge in [0.2, 0.25) is 0 Å². The molecule has 1 aliphatic heterocycles. The van der Waals surface area contributed by atoms with Crippen LogP contribution in [-0.4, -0.2) is 58.2 Å². The van der Waals surface area contributed by atoms with Crippen molar-refractivity contribution < 1.29 is 4.74 Å². The Kier molecular flexibility index (Phi) is 4.73. The SMILES string of the molecule is CC(CN1CCOCC1)n1c(CCCl)nc2cccnc21. The highest BCUT2D eigenvalue weighted by Crippen LogP contribution is 2.21. The minimum atomic E-state index is 0.321. The zero-order valence-corrected chi connectivity index (χ0v) is 13.1. The third kappa shape index (κ3) is 3.20. The highest BCUT2D eigenvalue weighted by molar-refractivity contribution is 6.17. The predicted octanol–water partition coefficient (Wildman–Crippen LogP) is 2.11. The van der Waals surface area contributed by atoms with Crippen molar-refractivity contribution in [2.75, 3.05) is 38.7 Å². The van der Waals surface area contributed by atoms with Crippen LogP contribution in [0.5, 0.6) is 0 Å². The summed E-state index contributed by atoms with van der Waals surface area (Å²) in [4.78, 5) is 11.6. The number of pyridine rings is 1. The summed E-state index contributed by atoms with van der Waals surface area (Å²) in [5.74, 6) is 1.60. The zero-order valence-electron chi connectivity index (χ0n) is 12.3. The molecule has 1 atom stereocenters. The standard InChI is InChI=1S/C15H21ClN4O/c1-12(11-19-7-9-21-10-8-19)20-14(4-5-16)18-13-3-2-6-17-15(13)20/h2-3,6,12H,4-5,7-11H2,1H3. The van der Waals surface area contributed by atoms with Crippen LogP contribution in [0.4, 0.5) is 0 Å². The van der Waals surface area contributed by atoms with Crippen molar-refractivity contribution >= 4 is 22.8 Å². The van der Waals surface area contributed by atoms with E-state index in [1.807, 2.05) is 18.3 Å². The van der Waals surface area contributed by atoms with E-state index in [1.54, 1.807) is 0 Å². The number of morpholine rings is 1. The van der Waals surface area contributed by atoms with E-state index in [4.69, 9.17) is 16.3 Å². The Labute approximate surface area is 129 Å². The maximum atomic E-state index is 5.93. The molecule has 0 spiro atoms. The van der Waals surface area contributed by atoms with Crippen molar-refractivity contribution in [3.63, 3.8) is 0 Å². The predicted molar refractivity (Wildman–Crippen MR) is 83.9 cm³/mol. The lowest BCUT2D eigenvalue weighted by atomic mass is 10.2. The first kappa shape index (κ1) is 14.8. The van der Waals surface area contributed by atoms with Gasteiger partial charge in [0.15, 0.2) is 5.65 Å². The fourth-order valence-electron chi connectivity index (χ4n) is 2.94. The van der Waals surface area contributed by atoms with E-state index in [0.717, 1.165) is 56.3 Å². The molecule has 1 fully saturated rings. The number of ether oxygens (including phenoxy) is 1. The van der Waals surface area contributed by atoms with Gasteiger partial charge in [0.05, 0.1) is 13.2 Å². The topological polar surface area (TPSA) is 43.2 Å². The van der Waals surface area contributed by atoms with E-state index in [-0.39, 0.29) is 0 Å². The fraction of sp³-hybridized carbons (Fsp3) is 0.600. The average Bonchev–Trinajstić information content (AvgIpc) is 2.86. The number of imidazole rings is 1. The Bertz CT molecular complexity index is 594. The largest absolute Gasteiger partial charge is 0.379 e. The lowest BCUT2D eigenvalue weighted by Crippen LogP contribution is -2.39. The molecule has 2 aromatic rings. The normalized spacial score (nSPS) is 18.2. The number of aromatic nitrogens is 3. The van der Waals surface area contributed by atoms with Gasteiger partial charge in [0.25, 0.3) is 0 Å². The highest BCUT2D eigenvalue weighted by atomic mass is 35.5.